The molecule has 0 radical (unpaired) electrons. The highest BCUT2D eigenvalue weighted by atomic mass is 79.9. The van der Waals surface area contributed by atoms with Gasteiger partial charge in [-0.3, -0.25) is 0 Å². The molecule has 102 valence electrons. The number of carboxylic acid groups (broad SMARTS) is 1. The van der Waals surface area contributed by atoms with E-state index in [1.54, 1.807) is 12.1 Å². The Balaban J connectivity index is 2.34. The monoisotopic (exact) mass is 396 g/mol. The predicted octanol–water partition coefficient (Wildman–Crippen LogP) is 4.72. The summed E-state index contributed by atoms with van der Waals surface area (Å²) in [6.45, 7) is 0. The number of ether oxygens (including phenoxy) is 1. The van der Waals surface area contributed by atoms with Crippen LogP contribution in [-0.2, 0) is 4.79 Å². The van der Waals surface area contributed by atoms with E-state index in [-0.39, 0.29) is 5.76 Å². The standard InChI is InChI=1S/C15H10Br2O3/c16-11-7-4-8-12(14(11)17)20-13(15(18)19)9-10-5-2-1-3-6-10/h1-9H,(H,18,19). The maximum Gasteiger partial charge on any atom is 0.371 e. The topological polar surface area (TPSA) is 46.5 Å². The van der Waals surface area contributed by atoms with Crippen molar-refractivity contribution in [2.24, 2.45) is 0 Å². The van der Waals surface area contributed by atoms with Crippen LogP contribution in [0.2, 0.25) is 0 Å². The van der Waals surface area contributed by atoms with Gasteiger partial charge in [-0.1, -0.05) is 36.4 Å². The predicted molar refractivity (Wildman–Crippen MR) is 84.5 cm³/mol. The van der Waals surface area contributed by atoms with Crippen molar-refractivity contribution in [3.05, 3.63) is 68.8 Å². The SMILES string of the molecule is O=C(O)C(=Cc1ccccc1)Oc1cccc(Br)c1Br. The fraction of sp³-hybridized carbons (Fsp3) is 0. The number of carboxylic acids is 1. The highest BCUT2D eigenvalue weighted by Gasteiger charge is 2.13. The molecule has 0 bridgehead atoms. The van der Waals surface area contributed by atoms with Gasteiger partial charge in [-0.15, -0.1) is 0 Å². The molecule has 0 aromatic heterocycles. The Bertz CT molecular complexity index is 651. The average Bonchev–Trinajstić information content (AvgIpc) is 2.44. The van der Waals surface area contributed by atoms with Gasteiger partial charge in [0, 0.05) is 4.47 Å². The van der Waals surface area contributed by atoms with Crippen LogP contribution in [-0.4, -0.2) is 11.1 Å². The van der Waals surface area contributed by atoms with Crippen molar-refractivity contribution in [3.8, 4) is 5.75 Å². The Morgan fingerprint density at radius 3 is 2.40 bits per heavy atom. The number of hydrogen-bond donors (Lipinski definition) is 1. The summed E-state index contributed by atoms with van der Waals surface area (Å²) in [4.78, 5) is 11.3. The second-order valence-corrected chi connectivity index (χ2v) is 5.53. The lowest BCUT2D eigenvalue weighted by Gasteiger charge is -2.09. The lowest BCUT2D eigenvalue weighted by Crippen LogP contribution is -2.08. The van der Waals surface area contributed by atoms with Crippen molar-refractivity contribution < 1.29 is 14.6 Å². The average molecular weight is 398 g/mol. The Morgan fingerprint density at radius 1 is 1.05 bits per heavy atom. The Hall–Kier alpha value is -1.59. The number of aliphatic carboxylic acids is 1. The van der Waals surface area contributed by atoms with Crippen molar-refractivity contribution in [2.45, 2.75) is 0 Å². The molecule has 0 aliphatic rings. The van der Waals surface area contributed by atoms with Crippen LogP contribution in [0.15, 0.2) is 63.2 Å². The summed E-state index contributed by atoms with van der Waals surface area (Å²) < 4.78 is 6.93. The third-order valence-electron chi connectivity index (χ3n) is 2.44. The molecule has 0 saturated carbocycles. The maximum absolute atomic E-state index is 11.3. The van der Waals surface area contributed by atoms with Gasteiger partial charge in [0.2, 0.25) is 5.76 Å². The van der Waals surface area contributed by atoms with Crippen molar-refractivity contribution in [1.29, 1.82) is 0 Å². The molecule has 0 unspecified atom stereocenters. The zero-order chi connectivity index (χ0) is 14.5. The van der Waals surface area contributed by atoms with Crippen LogP contribution in [0.1, 0.15) is 5.56 Å². The summed E-state index contributed by atoms with van der Waals surface area (Å²) in [7, 11) is 0. The molecule has 3 nitrogen and oxygen atoms in total. The molecule has 20 heavy (non-hydrogen) atoms. The van der Waals surface area contributed by atoms with Crippen LogP contribution in [0.3, 0.4) is 0 Å². The van der Waals surface area contributed by atoms with Crippen molar-refractivity contribution in [3.63, 3.8) is 0 Å². The summed E-state index contributed by atoms with van der Waals surface area (Å²) in [6, 6.07) is 14.4. The minimum atomic E-state index is -1.12. The third-order valence-corrected chi connectivity index (χ3v) is 4.46. The zero-order valence-corrected chi connectivity index (χ0v) is 13.4. The normalized spacial score (nSPS) is 11.2. The number of benzene rings is 2. The second-order valence-electron chi connectivity index (χ2n) is 3.88. The summed E-state index contributed by atoms with van der Waals surface area (Å²) in [6.07, 6.45) is 1.48. The number of halogens is 2. The van der Waals surface area contributed by atoms with Crippen LogP contribution in [0, 0.1) is 0 Å². The molecular formula is C15H10Br2O3. The molecule has 0 aliphatic carbocycles. The lowest BCUT2D eigenvalue weighted by atomic mass is 10.2. The van der Waals surface area contributed by atoms with Gasteiger partial charge < -0.3 is 9.84 Å². The molecule has 2 aromatic carbocycles. The van der Waals surface area contributed by atoms with Crippen LogP contribution in [0.25, 0.3) is 6.08 Å². The molecule has 5 heteroatoms. The van der Waals surface area contributed by atoms with Crippen LogP contribution >= 0.6 is 31.9 Å². The summed E-state index contributed by atoms with van der Waals surface area (Å²) in [5.41, 5.74) is 0.760. The third kappa shape index (κ3) is 3.71. The van der Waals surface area contributed by atoms with Gasteiger partial charge >= 0.3 is 5.97 Å². The molecule has 0 aliphatic heterocycles. The maximum atomic E-state index is 11.3. The van der Waals surface area contributed by atoms with E-state index in [0.717, 1.165) is 10.0 Å². The quantitative estimate of drug-likeness (QED) is 0.599. The Labute approximate surface area is 133 Å². The first-order valence-corrected chi connectivity index (χ1v) is 7.28. The first-order valence-electron chi connectivity index (χ1n) is 5.70. The van der Waals surface area contributed by atoms with E-state index < -0.39 is 5.97 Å². The lowest BCUT2D eigenvalue weighted by molar-refractivity contribution is -0.134. The fourth-order valence-electron chi connectivity index (χ4n) is 1.52. The van der Waals surface area contributed by atoms with Gasteiger partial charge in [0.1, 0.15) is 5.75 Å². The van der Waals surface area contributed by atoms with E-state index >= 15 is 0 Å². The van der Waals surface area contributed by atoms with E-state index in [0.29, 0.717) is 10.2 Å². The van der Waals surface area contributed by atoms with Gasteiger partial charge in [0.25, 0.3) is 0 Å². The van der Waals surface area contributed by atoms with Gasteiger partial charge in [-0.25, -0.2) is 4.79 Å². The van der Waals surface area contributed by atoms with E-state index in [1.807, 2.05) is 36.4 Å². The zero-order valence-electron chi connectivity index (χ0n) is 10.2. The van der Waals surface area contributed by atoms with Crippen LogP contribution in [0.5, 0.6) is 5.75 Å². The largest absolute Gasteiger partial charge is 0.475 e. The minimum absolute atomic E-state index is 0.144. The first-order chi connectivity index (χ1) is 9.58. The molecule has 0 atom stereocenters. The van der Waals surface area contributed by atoms with Gasteiger partial charge in [-0.2, -0.15) is 0 Å². The number of hydrogen-bond acceptors (Lipinski definition) is 2. The minimum Gasteiger partial charge on any atom is -0.475 e. The van der Waals surface area contributed by atoms with Crippen molar-refractivity contribution >= 4 is 43.9 Å². The molecule has 0 spiro atoms. The molecule has 0 saturated heterocycles. The van der Waals surface area contributed by atoms with Crippen LogP contribution in [0.4, 0.5) is 0 Å². The number of carbonyl (C=O) groups is 1. The first kappa shape index (κ1) is 14.8. The summed E-state index contributed by atoms with van der Waals surface area (Å²) in [5.74, 6) is -0.834. The molecular weight excluding hydrogens is 388 g/mol. The highest BCUT2D eigenvalue weighted by molar-refractivity contribution is 9.13. The molecule has 1 N–H and O–H groups in total. The molecule has 2 rings (SSSR count). The van der Waals surface area contributed by atoms with E-state index in [9.17, 15) is 9.90 Å². The molecule has 0 heterocycles. The summed E-state index contributed by atoms with van der Waals surface area (Å²) >= 11 is 6.70. The van der Waals surface area contributed by atoms with Gasteiger partial charge in [0.05, 0.1) is 4.47 Å². The smallest absolute Gasteiger partial charge is 0.371 e. The van der Waals surface area contributed by atoms with Gasteiger partial charge in [0.15, 0.2) is 0 Å². The Kier molecular flexibility index (Phi) is 4.98. The van der Waals surface area contributed by atoms with E-state index in [1.165, 1.54) is 6.08 Å². The van der Waals surface area contributed by atoms with Crippen molar-refractivity contribution in [2.75, 3.05) is 0 Å². The molecule has 0 fully saturated rings. The summed E-state index contributed by atoms with van der Waals surface area (Å²) in [5, 5.41) is 9.24. The Morgan fingerprint density at radius 2 is 1.75 bits per heavy atom. The van der Waals surface area contributed by atoms with Crippen molar-refractivity contribution in [1.82, 2.24) is 0 Å². The highest BCUT2D eigenvalue weighted by Crippen LogP contribution is 2.33. The molecule has 2 aromatic rings. The van der Waals surface area contributed by atoms with Crippen LogP contribution < -0.4 is 4.74 Å². The fourth-order valence-corrected chi connectivity index (χ4v) is 2.21. The van der Waals surface area contributed by atoms with Gasteiger partial charge in [-0.05, 0) is 55.6 Å². The second kappa shape index (κ2) is 6.72. The van der Waals surface area contributed by atoms with E-state index in [2.05, 4.69) is 31.9 Å². The number of rotatable bonds is 4. The molecule has 0 amide bonds. The van der Waals surface area contributed by atoms with E-state index in [4.69, 9.17) is 4.74 Å².